The van der Waals surface area contributed by atoms with Gasteiger partial charge in [0.15, 0.2) is 0 Å². The summed E-state index contributed by atoms with van der Waals surface area (Å²) >= 11 is 12.1. The van der Waals surface area contributed by atoms with Crippen molar-refractivity contribution < 1.29 is 23.1 Å². The molecule has 0 aromatic heterocycles. The Labute approximate surface area is 168 Å². The van der Waals surface area contributed by atoms with Crippen LogP contribution in [0.3, 0.4) is 0 Å². The van der Waals surface area contributed by atoms with E-state index in [1.807, 2.05) is 0 Å². The molecule has 3 aromatic carbocycles. The third-order valence-electron chi connectivity index (χ3n) is 3.94. The number of aromatic hydroxyl groups is 1. The number of rotatable bonds is 3. The molecule has 0 bridgehead atoms. The van der Waals surface area contributed by atoms with Gasteiger partial charge in [-0.1, -0.05) is 53.5 Å². The molecule has 3 rings (SSSR count). The van der Waals surface area contributed by atoms with E-state index in [9.17, 15) is 23.1 Å². The van der Waals surface area contributed by atoms with Crippen molar-refractivity contribution >= 4 is 34.8 Å². The number of halogens is 5. The summed E-state index contributed by atoms with van der Waals surface area (Å²) in [5.41, 5.74) is -0.828. The molecule has 0 atom stereocenters. The maximum absolute atomic E-state index is 13.4. The normalized spacial score (nSPS) is 11.3. The van der Waals surface area contributed by atoms with E-state index in [1.165, 1.54) is 18.2 Å². The number of phenolic OH excluding ortho intramolecular Hbond substituents is 1. The summed E-state index contributed by atoms with van der Waals surface area (Å²) in [5.74, 6) is -1.21. The van der Waals surface area contributed by atoms with E-state index in [0.29, 0.717) is 5.56 Å². The van der Waals surface area contributed by atoms with E-state index in [-0.39, 0.29) is 32.6 Å². The lowest BCUT2D eigenvalue weighted by atomic mass is 10.0. The standard InChI is InChI=1S/C20H12Cl2F3NO2/c21-13-6-7-17(27)15(10-13)19(28)26-16-9-12(20(23,24)25)8-14(18(16)22)11-4-2-1-3-5-11/h1-10,27H,(H,26,28). The minimum absolute atomic E-state index is 0.0610. The summed E-state index contributed by atoms with van der Waals surface area (Å²) in [4.78, 5) is 12.5. The first-order valence-corrected chi connectivity index (χ1v) is 8.68. The highest BCUT2D eigenvalue weighted by Crippen LogP contribution is 2.40. The number of nitrogens with one attached hydrogen (secondary N) is 1. The minimum atomic E-state index is -4.65. The van der Waals surface area contributed by atoms with Gasteiger partial charge in [0, 0.05) is 10.6 Å². The van der Waals surface area contributed by atoms with Gasteiger partial charge in [-0.3, -0.25) is 4.79 Å². The molecular weight excluding hydrogens is 414 g/mol. The van der Waals surface area contributed by atoms with Crippen LogP contribution in [-0.4, -0.2) is 11.0 Å². The molecular formula is C20H12Cl2F3NO2. The molecule has 0 saturated carbocycles. The van der Waals surface area contributed by atoms with E-state index >= 15 is 0 Å². The number of anilines is 1. The Morgan fingerprint density at radius 2 is 1.64 bits per heavy atom. The average molecular weight is 426 g/mol. The number of amides is 1. The Kier molecular flexibility index (Phi) is 5.54. The minimum Gasteiger partial charge on any atom is -0.507 e. The third-order valence-corrected chi connectivity index (χ3v) is 4.58. The lowest BCUT2D eigenvalue weighted by molar-refractivity contribution is -0.137. The van der Waals surface area contributed by atoms with Crippen LogP contribution in [-0.2, 0) is 6.18 Å². The Balaban J connectivity index is 2.09. The summed E-state index contributed by atoms with van der Waals surface area (Å²) < 4.78 is 40.1. The van der Waals surface area contributed by atoms with Gasteiger partial charge in [0.05, 0.1) is 21.8 Å². The van der Waals surface area contributed by atoms with E-state index < -0.39 is 17.6 Å². The van der Waals surface area contributed by atoms with Crippen molar-refractivity contribution in [1.29, 1.82) is 0 Å². The van der Waals surface area contributed by atoms with Crippen LogP contribution < -0.4 is 5.32 Å². The van der Waals surface area contributed by atoms with E-state index in [2.05, 4.69) is 5.32 Å². The maximum Gasteiger partial charge on any atom is 0.416 e. The molecule has 3 nitrogen and oxygen atoms in total. The van der Waals surface area contributed by atoms with Gasteiger partial charge in [-0.2, -0.15) is 13.2 Å². The maximum atomic E-state index is 13.4. The summed E-state index contributed by atoms with van der Waals surface area (Å²) in [7, 11) is 0. The molecule has 0 fully saturated rings. The Morgan fingerprint density at radius 3 is 2.29 bits per heavy atom. The molecule has 2 N–H and O–H groups in total. The average Bonchev–Trinajstić information content (AvgIpc) is 2.65. The van der Waals surface area contributed by atoms with Crippen LogP contribution >= 0.6 is 23.2 Å². The second-order valence-corrected chi connectivity index (χ2v) is 6.68. The number of hydrogen-bond donors (Lipinski definition) is 2. The highest BCUT2D eigenvalue weighted by Gasteiger charge is 2.32. The fraction of sp³-hybridized carbons (Fsp3) is 0.0500. The second-order valence-electron chi connectivity index (χ2n) is 5.86. The number of benzene rings is 3. The van der Waals surface area contributed by atoms with Crippen molar-refractivity contribution in [2.24, 2.45) is 0 Å². The van der Waals surface area contributed by atoms with Gasteiger partial charge in [0.1, 0.15) is 5.75 Å². The van der Waals surface area contributed by atoms with Gasteiger partial charge in [-0.25, -0.2) is 0 Å². The molecule has 0 aliphatic heterocycles. The van der Waals surface area contributed by atoms with Crippen LogP contribution in [0.1, 0.15) is 15.9 Å². The van der Waals surface area contributed by atoms with E-state index in [4.69, 9.17) is 23.2 Å². The first-order valence-electron chi connectivity index (χ1n) is 7.93. The summed E-state index contributed by atoms with van der Waals surface area (Å²) in [6.07, 6.45) is -4.65. The van der Waals surface area contributed by atoms with Crippen LogP contribution in [0.4, 0.5) is 18.9 Å². The molecule has 8 heteroatoms. The lowest BCUT2D eigenvalue weighted by Gasteiger charge is -2.16. The number of carbonyl (C=O) groups excluding carboxylic acids is 1. The number of hydrogen-bond acceptors (Lipinski definition) is 2. The molecule has 0 aliphatic carbocycles. The topological polar surface area (TPSA) is 49.3 Å². The Hall–Kier alpha value is -2.70. The van der Waals surface area contributed by atoms with Gasteiger partial charge in [0.2, 0.25) is 0 Å². The number of phenols is 1. The number of carbonyl (C=O) groups is 1. The molecule has 28 heavy (non-hydrogen) atoms. The van der Waals surface area contributed by atoms with Crippen molar-refractivity contribution in [2.75, 3.05) is 5.32 Å². The largest absolute Gasteiger partial charge is 0.507 e. The van der Waals surface area contributed by atoms with Crippen LogP contribution in [0.15, 0.2) is 60.7 Å². The molecule has 0 heterocycles. The predicted molar refractivity (Wildman–Crippen MR) is 103 cm³/mol. The van der Waals surface area contributed by atoms with Crippen molar-refractivity contribution in [1.82, 2.24) is 0 Å². The summed E-state index contributed by atoms with van der Waals surface area (Å²) in [6, 6.07) is 13.7. The zero-order valence-corrected chi connectivity index (χ0v) is 15.5. The van der Waals surface area contributed by atoms with Gasteiger partial charge in [-0.05, 0) is 35.9 Å². The quantitative estimate of drug-likeness (QED) is 0.494. The molecule has 1 amide bonds. The van der Waals surface area contributed by atoms with Crippen molar-refractivity contribution in [3.05, 3.63) is 81.8 Å². The third kappa shape index (κ3) is 4.24. The zero-order chi connectivity index (χ0) is 20.5. The summed E-state index contributed by atoms with van der Waals surface area (Å²) in [6.45, 7) is 0. The smallest absolute Gasteiger partial charge is 0.416 e. The fourth-order valence-corrected chi connectivity index (χ4v) is 3.02. The molecule has 144 valence electrons. The SMILES string of the molecule is O=C(Nc1cc(C(F)(F)F)cc(-c2ccccc2)c1Cl)c1cc(Cl)ccc1O. The van der Waals surface area contributed by atoms with Gasteiger partial charge in [0.25, 0.3) is 5.91 Å². The van der Waals surface area contributed by atoms with Gasteiger partial charge in [-0.15, -0.1) is 0 Å². The highest BCUT2D eigenvalue weighted by molar-refractivity contribution is 6.37. The highest BCUT2D eigenvalue weighted by atomic mass is 35.5. The summed E-state index contributed by atoms with van der Waals surface area (Å²) in [5, 5.41) is 12.3. The second kappa shape index (κ2) is 7.73. The molecule has 0 aliphatic rings. The molecule has 0 unspecified atom stereocenters. The molecule has 0 saturated heterocycles. The van der Waals surface area contributed by atoms with E-state index in [1.54, 1.807) is 30.3 Å². The van der Waals surface area contributed by atoms with Gasteiger partial charge < -0.3 is 10.4 Å². The fourth-order valence-electron chi connectivity index (χ4n) is 2.59. The molecule has 0 spiro atoms. The van der Waals surface area contributed by atoms with Gasteiger partial charge >= 0.3 is 6.18 Å². The first kappa shape index (κ1) is 20.0. The van der Waals surface area contributed by atoms with Crippen molar-refractivity contribution in [2.45, 2.75) is 6.18 Å². The Bertz CT molecular complexity index is 1040. The van der Waals surface area contributed by atoms with Crippen molar-refractivity contribution in [3.8, 4) is 16.9 Å². The van der Waals surface area contributed by atoms with Crippen LogP contribution in [0.2, 0.25) is 10.0 Å². The number of alkyl halides is 3. The van der Waals surface area contributed by atoms with Crippen LogP contribution in [0.5, 0.6) is 5.75 Å². The van der Waals surface area contributed by atoms with E-state index in [0.717, 1.165) is 12.1 Å². The Morgan fingerprint density at radius 1 is 0.964 bits per heavy atom. The molecule has 3 aromatic rings. The monoisotopic (exact) mass is 425 g/mol. The van der Waals surface area contributed by atoms with Crippen molar-refractivity contribution in [3.63, 3.8) is 0 Å². The molecule has 0 radical (unpaired) electrons. The first-order chi connectivity index (χ1) is 13.2. The predicted octanol–water partition coefficient (Wildman–Crippen LogP) is 6.64. The van der Waals surface area contributed by atoms with Crippen LogP contribution in [0, 0.1) is 0 Å². The zero-order valence-electron chi connectivity index (χ0n) is 14.0. The van der Waals surface area contributed by atoms with Crippen LogP contribution in [0.25, 0.3) is 11.1 Å². The lowest BCUT2D eigenvalue weighted by Crippen LogP contribution is -2.14.